The number of alkyl carbamates (subject to hydrolysis) is 1. The van der Waals surface area contributed by atoms with Crippen molar-refractivity contribution in [3.05, 3.63) is 0 Å². The highest BCUT2D eigenvalue weighted by atomic mass is 16.5. The molecule has 0 bridgehead atoms. The molecule has 5 heteroatoms. The molecular weight excluding hydrogens is 230 g/mol. The highest BCUT2D eigenvalue weighted by Gasteiger charge is 2.24. The van der Waals surface area contributed by atoms with Crippen LogP contribution in [0.5, 0.6) is 0 Å². The number of nitrogens with one attached hydrogen (secondary N) is 1. The number of ether oxygens (including phenoxy) is 1. The minimum atomic E-state index is -0.354. The van der Waals surface area contributed by atoms with Gasteiger partial charge in [0.1, 0.15) is 0 Å². The fourth-order valence-corrected chi connectivity index (χ4v) is 2.18. The average Bonchev–Trinajstić information content (AvgIpc) is 2.76. The molecular formula is C13H23N3O2. The van der Waals surface area contributed by atoms with Gasteiger partial charge in [-0.3, -0.25) is 0 Å². The lowest BCUT2D eigenvalue weighted by atomic mass is 9.90. The topological polar surface area (TPSA) is 65.4 Å². The lowest BCUT2D eigenvalue weighted by Gasteiger charge is -2.19. The number of carbonyl (C=O) groups excluding carboxylic acids is 1. The van der Waals surface area contributed by atoms with Crippen molar-refractivity contribution < 1.29 is 9.53 Å². The third-order valence-corrected chi connectivity index (χ3v) is 3.36. The summed E-state index contributed by atoms with van der Waals surface area (Å²) < 4.78 is 4.58. The smallest absolute Gasteiger partial charge is 0.407 e. The molecule has 0 aromatic heterocycles. The van der Waals surface area contributed by atoms with Crippen LogP contribution < -0.4 is 5.32 Å². The van der Waals surface area contributed by atoms with Crippen molar-refractivity contribution >= 4 is 6.09 Å². The summed E-state index contributed by atoms with van der Waals surface area (Å²) in [6.07, 6.45) is 2.55. The summed E-state index contributed by atoms with van der Waals surface area (Å²) in [6, 6.07) is 2.51. The number of nitriles is 1. The Kier molecular flexibility index (Phi) is 5.42. The third kappa shape index (κ3) is 4.92. The highest BCUT2D eigenvalue weighted by Crippen LogP contribution is 2.21. The number of amides is 1. The van der Waals surface area contributed by atoms with Crippen LogP contribution in [0.1, 0.15) is 33.1 Å². The fourth-order valence-electron chi connectivity index (χ4n) is 2.18. The molecule has 0 spiro atoms. The average molecular weight is 253 g/mol. The van der Waals surface area contributed by atoms with E-state index in [-0.39, 0.29) is 17.6 Å². The molecule has 1 aliphatic rings. The number of carbonyl (C=O) groups is 1. The van der Waals surface area contributed by atoms with Gasteiger partial charge in [-0.15, -0.1) is 0 Å². The van der Waals surface area contributed by atoms with Gasteiger partial charge in [-0.05, 0) is 39.7 Å². The predicted molar refractivity (Wildman–Crippen MR) is 69.0 cm³/mol. The minimum absolute atomic E-state index is 0.196. The van der Waals surface area contributed by atoms with Gasteiger partial charge in [0.2, 0.25) is 0 Å². The highest BCUT2D eigenvalue weighted by molar-refractivity contribution is 5.67. The molecule has 1 unspecified atom stereocenters. The van der Waals surface area contributed by atoms with Crippen molar-refractivity contribution in [3.8, 4) is 6.07 Å². The van der Waals surface area contributed by atoms with Gasteiger partial charge < -0.3 is 15.0 Å². The van der Waals surface area contributed by atoms with E-state index in [2.05, 4.69) is 21.0 Å². The zero-order chi connectivity index (χ0) is 13.6. The first-order valence-corrected chi connectivity index (χ1v) is 6.45. The molecule has 1 amide bonds. The van der Waals surface area contributed by atoms with Crippen LogP contribution in [-0.4, -0.2) is 43.8 Å². The quantitative estimate of drug-likeness (QED) is 0.810. The summed E-state index contributed by atoms with van der Waals surface area (Å²) in [5, 5.41) is 11.8. The SMILES string of the molecule is COC(=O)NC1CCN(CCCC(C)(C)C#N)C1. The van der Waals surface area contributed by atoms with Crippen LogP contribution in [0.15, 0.2) is 0 Å². The van der Waals surface area contributed by atoms with Crippen LogP contribution in [0, 0.1) is 16.7 Å². The van der Waals surface area contributed by atoms with Crippen LogP contribution in [-0.2, 0) is 4.74 Å². The second kappa shape index (κ2) is 6.60. The molecule has 1 aliphatic heterocycles. The molecule has 1 rings (SSSR count). The Morgan fingerprint density at radius 1 is 1.61 bits per heavy atom. The Bertz CT molecular complexity index is 323. The molecule has 0 saturated carbocycles. The Labute approximate surface area is 109 Å². The summed E-state index contributed by atoms with van der Waals surface area (Å²) >= 11 is 0. The fraction of sp³-hybridized carbons (Fsp3) is 0.846. The first-order valence-electron chi connectivity index (χ1n) is 6.45. The van der Waals surface area contributed by atoms with Gasteiger partial charge in [-0.1, -0.05) is 0 Å². The first kappa shape index (κ1) is 14.8. The van der Waals surface area contributed by atoms with E-state index < -0.39 is 0 Å². The molecule has 1 fully saturated rings. The Morgan fingerprint density at radius 2 is 2.33 bits per heavy atom. The molecule has 0 aliphatic carbocycles. The van der Waals surface area contributed by atoms with Gasteiger partial charge in [-0.2, -0.15) is 5.26 Å². The van der Waals surface area contributed by atoms with Crippen LogP contribution in [0.25, 0.3) is 0 Å². The van der Waals surface area contributed by atoms with Gasteiger partial charge in [0.05, 0.1) is 18.6 Å². The van der Waals surface area contributed by atoms with E-state index in [9.17, 15) is 4.79 Å². The molecule has 102 valence electrons. The summed E-state index contributed by atoms with van der Waals surface area (Å²) in [6.45, 7) is 6.81. The first-order chi connectivity index (χ1) is 8.46. The van der Waals surface area contributed by atoms with E-state index in [1.54, 1.807) is 0 Å². The van der Waals surface area contributed by atoms with E-state index in [1.165, 1.54) is 7.11 Å². The second-order valence-electron chi connectivity index (χ2n) is 5.52. The normalized spacial score (nSPS) is 20.4. The largest absolute Gasteiger partial charge is 0.453 e. The monoisotopic (exact) mass is 253 g/mol. The number of hydrogen-bond donors (Lipinski definition) is 1. The van der Waals surface area contributed by atoms with Gasteiger partial charge >= 0.3 is 6.09 Å². The number of methoxy groups -OCH3 is 1. The maximum atomic E-state index is 11.1. The van der Waals surface area contributed by atoms with Crippen LogP contribution in [0.2, 0.25) is 0 Å². The van der Waals surface area contributed by atoms with Gasteiger partial charge in [0.15, 0.2) is 0 Å². The van der Waals surface area contributed by atoms with Crippen LogP contribution >= 0.6 is 0 Å². The van der Waals surface area contributed by atoms with Crippen molar-refractivity contribution in [3.63, 3.8) is 0 Å². The van der Waals surface area contributed by atoms with E-state index in [0.717, 1.165) is 38.9 Å². The lowest BCUT2D eigenvalue weighted by molar-refractivity contribution is 0.166. The molecule has 0 aromatic rings. The van der Waals surface area contributed by atoms with Crippen molar-refractivity contribution in [2.24, 2.45) is 5.41 Å². The molecule has 18 heavy (non-hydrogen) atoms. The molecule has 5 nitrogen and oxygen atoms in total. The van der Waals surface area contributed by atoms with E-state index in [4.69, 9.17) is 5.26 Å². The van der Waals surface area contributed by atoms with E-state index >= 15 is 0 Å². The predicted octanol–water partition coefficient (Wildman–Crippen LogP) is 1.75. The van der Waals surface area contributed by atoms with Crippen molar-refractivity contribution in [1.82, 2.24) is 10.2 Å². The summed E-state index contributed by atoms with van der Waals surface area (Å²) in [7, 11) is 1.38. The summed E-state index contributed by atoms with van der Waals surface area (Å²) in [4.78, 5) is 13.4. The molecule has 1 heterocycles. The Morgan fingerprint density at radius 3 is 2.94 bits per heavy atom. The molecule has 1 saturated heterocycles. The van der Waals surface area contributed by atoms with Gasteiger partial charge in [0, 0.05) is 19.1 Å². The van der Waals surface area contributed by atoms with E-state index in [1.807, 2.05) is 13.8 Å². The molecule has 1 atom stereocenters. The zero-order valence-electron chi connectivity index (χ0n) is 11.5. The Hall–Kier alpha value is -1.28. The number of nitrogens with zero attached hydrogens (tertiary/aromatic N) is 2. The van der Waals surface area contributed by atoms with Gasteiger partial charge in [0.25, 0.3) is 0 Å². The van der Waals surface area contributed by atoms with Crippen LogP contribution in [0.4, 0.5) is 4.79 Å². The standard InChI is InChI=1S/C13H23N3O2/c1-13(2,10-14)6-4-7-16-8-5-11(9-16)15-12(17)18-3/h11H,4-9H2,1-3H3,(H,15,17). The van der Waals surface area contributed by atoms with Crippen molar-refractivity contribution in [2.75, 3.05) is 26.7 Å². The zero-order valence-corrected chi connectivity index (χ0v) is 11.5. The lowest BCUT2D eigenvalue weighted by Crippen LogP contribution is -2.37. The summed E-state index contributed by atoms with van der Waals surface area (Å²) in [5.41, 5.74) is -0.233. The minimum Gasteiger partial charge on any atom is -0.453 e. The van der Waals surface area contributed by atoms with E-state index in [0.29, 0.717) is 0 Å². The number of rotatable bonds is 5. The maximum Gasteiger partial charge on any atom is 0.407 e. The van der Waals surface area contributed by atoms with Crippen molar-refractivity contribution in [2.45, 2.75) is 39.2 Å². The Balaban J connectivity index is 2.19. The second-order valence-corrected chi connectivity index (χ2v) is 5.52. The number of likely N-dealkylation sites (tertiary alicyclic amines) is 1. The molecule has 0 radical (unpaired) electrons. The molecule has 0 aromatic carbocycles. The summed E-state index contributed by atoms with van der Waals surface area (Å²) in [5.74, 6) is 0. The van der Waals surface area contributed by atoms with Gasteiger partial charge in [-0.25, -0.2) is 4.79 Å². The molecule has 1 N–H and O–H groups in total. The third-order valence-electron chi connectivity index (χ3n) is 3.36. The van der Waals surface area contributed by atoms with Crippen molar-refractivity contribution in [1.29, 1.82) is 5.26 Å². The number of hydrogen-bond acceptors (Lipinski definition) is 4. The maximum absolute atomic E-state index is 11.1. The van der Waals surface area contributed by atoms with Crippen LogP contribution in [0.3, 0.4) is 0 Å².